The summed E-state index contributed by atoms with van der Waals surface area (Å²) >= 11 is 0. The monoisotopic (exact) mass is 242 g/mol. The summed E-state index contributed by atoms with van der Waals surface area (Å²) in [5.74, 6) is 0.180. The van der Waals surface area contributed by atoms with Crippen LogP contribution < -0.4 is 11.1 Å². The first kappa shape index (κ1) is 16.4. The van der Waals surface area contributed by atoms with E-state index in [1.807, 2.05) is 6.92 Å². The van der Waals surface area contributed by atoms with E-state index in [-0.39, 0.29) is 11.9 Å². The maximum Gasteiger partial charge on any atom is 0.220 e. The van der Waals surface area contributed by atoms with Gasteiger partial charge in [0.25, 0.3) is 0 Å². The van der Waals surface area contributed by atoms with Gasteiger partial charge >= 0.3 is 0 Å². The van der Waals surface area contributed by atoms with E-state index in [1.54, 1.807) is 0 Å². The average molecular weight is 242 g/mol. The van der Waals surface area contributed by atoms with Gasteiger partial charge in [0.15, 0.2) is 0 Å². The van der Waals surface area contributed by atoms with Crippen LogP contribution in [-0.2, 0) is 4.79 Å². The fourth-order valence-electron chi connectivity index (χ4n) is 1.91. The molecule has 3 heteroatoms. The molecule has 3 nitrogen and oxygen atoms in total. The maximum atomic E-state index is 11.5. The third-order valence-corrected chi connectivity index (χ3v) is 3.01. The fourth-order valence-corrected chi connectivity index (χ4v) is 1.91. The van der Waals surface area contributed by atoms with Crippen molar-refractivity contribution in [3.8, 4) is 0 Å². The Hall–Kier alpha value is -0.570. The van der Waals surface area contributed by atoms with E-state index in [0.717, 1.165) is 12.8 Å². The van der Waals surface area contributed by atoms with Gasteiger partial charge in [0, 0.05) is 12.5 Å². The predicted molar refractivity (Wildman–Crippen MR) is 73.9 cm³/mol. The van der Waals surface area contributed by atoms with Crippen molar-refractivity contribution in [2.24, 2.45) is 5.73 Å². The standard InChI is InChI=1S/C14H30N2O/c1-3-4-5-6-7-8-9-10-14(17)16-13(2)11-12-15/h13H,3-12,15H2,1-2H3,(H,16,17). The van der Waals surface area contributed by atoms with Crippen molar-refractivity contribution in [2.75, 3.05) is 6.54 Å². The van der Waals surface area contributed by atoms with Crippen molar-refractivity contribution in [3.05, 3.63) is 0 Å². The third-order valence-electron chi connectivity index (χ3n) is 3.01. The lowest BCUT2D eigenvalue weighted by Gasteiger charge is -2.12. The summed E-state index contributed by atoms with van der Waals surface area (Å²) < 4.78 is 0. The van der Waals surface area contributed by atoms with Gasteiger partial charge in [-0.1, -0.05) is 45.4 Å². The predicted octanol–water partition coefficient (Wildman–Crippen LogP) is 2.98. The van der Waals surface area contributed by atoms with Crippen LogP contribution in [0.4, 0.5) is 0 Å². The lowest BCUT2D eigenvalue weighted by Crippen LogP contribution is -2.33. The summed E-state index contributed by atoms with van der Waals surface area (Å²) in [5, 5.41) is 2.97. The molecule has 1 atom stereocenters. The van der Waals surface area contributed by atoms with E-state index >= 15 is 0 Å². The lowest BCUT2D eigenvalue weighted by atomic mass is 10.1. The molecule has 3 N–H and O–H groups in total. The summed E-state index contributed by atoms with van der Waals surface area (Å²) in [6.07, 6.45) is 10.3. The zero-order chi connectivity index (χ0) is 12.9. The number of rotatable bonds is 11. The second-order valence-electron chi connectivity index (χ2n) is 4.92. The Morgan fingerprint density at radius 1 is 1.12 bits per heavy atom. The van der Waals surface area contributed by atoms with E-state index in [2.05, 4.69) is 12.2 Å². The minimum Gasteiger partial charge on any atom is -0.354 e. The van der Waals surface area contributed by atoms with E-state index < -0.39 is 0 Å². The van der Waals surface area contributed by atoms with E-state index in [9.17, 15) is 4.79 Å². The maximum absolute atomic E-state index is 11.5. The molecule has 17 heavy (non-hydrogen) atoms. The van der Waals surface area contributed by atoms with Gasteiger partial charge in [-0.3, -0.25) is 4.79 Å². The minimum absolute atomic E-state index is 0.180. The molecule has 0 radical (unpaired) electrons. The number of nitrogens with two attached hydrogens (primary N) is 1. The normalized spacial score (nSPS) is 12.4. The number of hydrogen-bond acceptors (Lipinski definition) is 2. The van der Waals surface area contributed by atoms with E-state index in [1.165, 1.54) is 38.5 Å². The van der Waals surface area contributed by atoms with Crippen molar-refractivity contribution >= 4 is 5.91 Å². The Morgan fingerprint density at radius 3 is 2.29 bits per heavy atom. The van der Waals surface area contributed by atoms with Crippen LogP contribution in [0, 0.1) is 0 Å². The number of amides is 1. The van der Waals surface area contributed by atoms with Crippen molar-refractivity contribution in [1.29, 1.82) is 0 Å². The molecule has 0 aliphatic carbocycles. The molecule has 0 saturated carbocycles. The second-order valence-corrected chi connectivity index (χ2v) is 4.92. The summed E-state index contributed by atoms with van der Waals surface area (Å²) in [6, 6.07) is 0.219. The molecule has 1 unspecified atom stereocenters. The van der Waals surface area contributed by atoms with Crippen LogP contribution in [0.5, 0.6) is 0 Å². The minimum atomic E-state index is 0.180. The second kappa shape index (κ2) is 11.9. The van der Waals surface area contributed by atoms with Crippen molar-refractivity contribution in [2.45, 2.75) is 77.7 Å². The molecule has 0 aliphatic heterocycles. The smallest absolute Gasteiger partial charge is 0.220 e. The molecule has 0 aromatic heterocycles. The third kappa shape index (κ3) is 11.7. The molecule has 0 spiro atoms. The van der Waals surface area contributed by atoms with Gasteiger partial charge in [0.2, 0.25) is 5.91 Å². The number of hydrogen-bond donors (Lipinski definition) is 2. The highest BCUT2D eigenvalue weighted by Gasteiger charge is 2.05. The molecule has 0 aromatic rings. The molecule has 0 aliphatic rings. The molecule has 1 amide bonds. The van der Waals surface area contributed by atoms with Gasteiger partial charge in [0.05, 0.1) is 0 Å². The van der Waals surface area contributed by atoms with E-state index in [4.69, 9.17) is 5.73 Å². The van der Waals surface area contributed by atoms with Gasteiger partial charge in [-0.2, -0.15) is 0 Å². The Bertz CT molecular complexity index is 183. The van der Waals surface area contributed by atoms with Gasteiger partial charge < -0.3 is 11.1 Å². The average Bonchev–Trinajstić information content (AvgIpc) is 2.28. The first-order valence-electron chi connectivity index (χ1n) is 7.20. The highest BCUT2D eigenvalue weighted by atomic mass is 16.1. The summed E-state index contributed by atoms with van der Waals surface area (Å²) in [5.41, 5.74) is 5.43. The van der Waals surface area contributed by atoms with Crippen molar-refractivity contribution < 1.29 is 4.79 Å². The Kier molecular flexibility index (Phi) is 11.5. The fraction of sp³-hybridized carbons (Fsp3) is 0.929. The zero-order valence-corrected chi connectivity index (χ0v) is 11.6. The van der Waals surface area contributed by atoms with Crippen LogP contribution in [-0.4, -0.2) is 18.5 Å². The number of nitrogens with one attached hydrogen (secondary N) is 1. The van der Waals surface area contributed by atoms with Crippen LogP contribution in [0.25, 0.3) is 0 Å². The van der Waals surface area contributed by atoms with Crippen LogP contribution in [0.1, 0.15) is 71.6 Å². The lowest BCUT2D eigenvalue weighted by molar-refractivity contribution is -0.121. The van der Waals surface area contributed by atoms with Gasteiger partial charge in [-0.25, -0.2) is 0 Å². The van der Waals surface area contributed by atoms with Gasteiger partial charge in [-0.05, 0) is 26.3 Å². The topological polar surface area (TPSA) is 55.1 Å². The largest absolute Gasteiger partial charge is 0.354 e. The summed E-state index contributed by atoms with van der Waals surface area (Å²) in [4.78, 5) is 11.5. The number of carbonyl (C=O) groups is 1. The molecular formula is C14H30N2O. The van der Waals surface area contributed by atoms with E-state index in [0.29, 0.717) is 13.0 Å². The molecule has 0 aromatic carbocycles. The van der Waals surface area contributed by atoms with Gasteiger partial charge in [0.1, 0.15) is 0 Å². The molecule has 0 heterocycles. The molecule has 0 saturated heterocycles. The molecule has 0 fully saturated rings. The van der Waals surface area contributed by atoms with Crippen molar-refractivity contribution in [3.63, 3.8) is 0 Å². The molecular weight excluding hydrogens is 212 g/mol. The van der Waals surface area contributed by atoms with Crippen LogP contribution in [0.2, 0.25) is 0 Å². The molecule has 0 rings (SSSR count). The first-order chi connectivity index (χ1) is 8.20. The van der Waals surface area contributed by atoms with Crippen molar-refractivity contribution in [1.82, 2.24) is 5.32 Å². The highest BCUT2D eigenvalue weighted by molar-refractivity contribution is 5.76. The Morgan fingerprint density at radius 2 is 1.71 bits per heavy atom. The Labute approximate surface area is 107 Å². The highest BCUT2D eigenvalue weighted by Crippen LogP contribution is 2.08. The van der Waals surface area contributed by atoms with Crippen LogP contribution >= 0.6 is 0 Å². The SMILES string of the molecule is CCCCCCCCCC(=O)NC(C)CCN. The molecule has 0 bridgehead atoms. The summed E-state index contributed by atoms with van der Waals surface area (Å²) in [7, 11) is 0. The number of carbonyl (C=O) groups excluding carboxylic acids is 1. The number of unbranched alkanes of at least 4 members (excludes halogenated alkanes) is 6. The van der Waals surface area contributed by atoms with Crippen LogP contribution in [0.15, 0.2) is 0 Å². The zero-order valence-electron chi connectivity index (χ0n) is 11.6. The van der Waals surface area contributed by atoms with Gasteiger partial charge in [-0.15, -0.1) is 0 Å². The molecule has 102 valence electrons. The first-order valence-corrected chi connectivity index (χ1v) is 7.20. The quantitative estimate of drug-likeness (QED) is 0.547. The van der Waals surface area contributed by atoms with Crippen LogP contribution in [0.3, 0.4) is 0 Å². The Balaban J connectivity index is 3.27. The summed E-state index contributed by atoms with van der Waals surface area (Å²) in [6.45, 7) is 4.88.